The average Bonchev–Trinajstić information content (AvgIpc) is 3.02. The Kier molecular flexibility index (Phi) is 8.55. The minimum absolute atomic E-state index is 0.0850. The molecule has 0 radical (unpaired) electrons. The largest absolute Gasteiger partial charge is 0.466 e. The fraction of sp³-hybridized carbons (Fsp3) is 0.314. The molecule has 2 aliphatic rings. The van der Waals surface area contributed by atoms with Gasteiger partial charge in [-0.2, -0.15) is 0 Å². The summed E-state index contributed by atoms with van der Waals surface area (Å²) in [7, 11) is 0. The number of carbonyl (C=O) groups excluding carboxylic acids is 4. The van der Waals surface area contributed by atoms with Crippen LogP contribution in [0.25, 0.3) is 21.5 Å². The third-order valence-electron chi connectivity index (χ3n) is 8.05. The van der Waals surface area contributed by atoms with Crippen molar-refractivity contribution in [1.29, 1.82) is 0 Å². The van der Waals surface area contributed by atoms with E-state index in [1.165, 1.54) is 22.5 Å². The van der Waals surface area contributed by atoms with E-state index in [1.807, 2.05) is 24.3 Å². The Morgan fingerprint density at radius 1 is 0.578 bits per heavy atom. The molecule has 4 aromatic rings. The number of ether oxygens (including phenoxy) is 4. The number of benzene rings is 4. The lowest BCUT2D eigenvalue weighted by Gasteiger charge is -2.45. The van der Waals surface area contributed by atoms with Crippen LogP contribution >= 0.6 is 0 Å². The van der Waals surface area contributed by atoms with Crippen molar-refractivity contribution in [2.24, 2.45) is 0 Å². The molecule has 0 aliphatic carbocycles. The van der Waals surface area contributed by atoms with Crippen molar-refractivity contribution in [3.8, 4) is 0 Å². The fourth-order valence-electron chi connectivity index (χ4n) is 6.07. The Bertz CT molecular complexity index is 1690. The van der Waals surface area contributed by atoms with E-state index in [1.54, 1.807) is 13.8 Å². The molecule has 0 spiro atoms. The molecule has 0 atom stereocenters. The second-order valence-electron chi connectivity index (χ2n) is 11.1. The molecule has 6 rings (SSSR count). The summed E-state index contributed by atoms with van der Waals surface area (Å²) < 4.78 is 20.2. The molecule has 0 aromatic heterocycles. The van der Waals surface area contributed by atoms with Gasteiger partial charge in [0.15, 0.2) is 0 Å². The molecule has 2 aliphatic heterocycles. The van der Waals surface area contributed by atoms with Gasteiger partial charge in [-0.15, -0.1) is 0 Å². The highest BCUT2D eigenvalue weighted by Crippen LogP contribution is 2.43. The quantitative estimate of drug-likeness (QED) is 0.134. The molecule has 232 valence electrons. The van der Waals surface area contributed by atoms with Gasteiger partial charge >= 0.3 is 23.9 Å². The maximum atomic E-state index is 12.0. The zero-order chi connectivity index (χ0) is 31.5. The Morgan fingerprint density at radius 2 is 1.00 bits per heavy atom. The molecule has 0 saturated heterocycles. The van der Waals surface area contributed by atoms with Gasteiger partial charge in [0.05, 0.1) is 19.9 Å². The van der Waals surface area contributed by atoms with Crippen molar-refractivity contribution in [1.82, 2.24) is 0 Å². The molecule has 45 heavy (non-hydrogen) atoms. The Balaban J connectivity index is 1.17. The average molecular weight is 611 g/mol. The summed E-state index contributed by atoms with van der Waals surface area (Å²) in [5, 5.41) is 4.42. The summed E-state index contributed by atoms with van der Waals surface area (Å²) in [5.74, 6) is -2.39. The maximum Gasteiger partial charge on any atom is 0.317 e. The monoisotopic (exact) mass is 610 g/mol. The fourth-order valence-corrected chi connectivity index (χ4v) is 6.07. The first-order valence-electron chi connectivity index (χ1n) is 15.0. The summed E-state index contributed by atoms with van der Waals surface area (Å²) in [6.45, 7) is 6.30. The zero-order valence-electron chi connectivity index (χ0n) is 25.3. The minimum atomic E-state index is -0.607. The lowest BCUT2D eigenvalue weighted by Crippen LogP contribution is -2.46. The minimum Gasteiger partial charge on any atom is -0.466 e. The second kappa shape index (κ2) is 12.9. The molecular weight excluding hydrogens is 576 g/mol. The molecule has 0 amide bonds. The molecule has 0 unspecified atom stereocenters. The Morgan fingerprint density at radius 3 is 1.42 bits per heavy atom. The van der Waals surface area contributed by atoms with Crippen LogP contribution in [0.15, 0.2) is 60.7 Å². The predicted molar refractivity (Wildman–Crippen MR) is 167 cm³/mol. The second-order valence-corrected chi connectivity index (χ2v) is 11.1. The summed E-state index contributed by atoms with van der Waals surface area (Å²) in [6, 6.07) is 20.6. The number of hydrogen-bond acceptors (Lipinski definition) is 10. The van der Waals surface area contributed by atoms with Crippen molar-refractivity contribution in [2.45, 2.75) is 53.0 Å². The van der Waals surface area contributed by atoms with Gasteiger partial charge in [-0.3, -0.25) is 19.2 Å². The number of nitrogens with zero attached hydrogens (tertiary/aromatic N) is 2. The summed E-state index contributed by atoms with van der Waals surface area (Å²) in [5.41, 5.74) is 6.58. The van der Waals surface area contributed by atoms with Crippen LogP contribution in [0.4, 0.5) is 11.4 Å². The van der Waals surface area contributed by atoms with Crippen LogP contribution in [0.2, 0.25) is 0 Å². The molecule has 0 fully saturated rings. The van der Waals surface area contributed by atoms with Gasteiger partial charge in [0.1, 0.15) is 26.1 Å². The van der Waals surface area contributed by atoms with Gasteiger partial charge in [0.2, 0.25) is 0 Å². The molecule has 0 N–H and O–H groups in total. The first kappa shape index (κ1) is 29.9. The van der Waals surface area contributed by atoms with E-state index < -0.39 is 36.7 Å². The summed E-state index contributed by atoms with van der Waals surface area (Å²) >= 11 is 0. The Hall–Kier alpha value is -5.12. The first-order chi connectivity index (χ1) is 21.8. The van der Waals surface area contributed by atoms with Crippen LogP contribution < -0.4 is 9.80 Å². The lowest BCUT2D eigenvalue weighted by molar-refractivity contribution is -0.156. The van der Waals surface area contributed by atoms with E-state index in [0.29, 0.717) is 0 Å². The van der Waals surface area contributed by atoms with Crippen molar-refractivity contribution >= 4 is 56.8 Å². The predicted octanol–water partition coefficient (Wildman–Crippen LogP) is 5.28. The number of carbonyl (C=O) groups is 4. The van der Waals surface area contributed by atoms with Crippen LogP contribution in [-0.2, 0) is 64.4 Å². The number of rotatable bonds is 10. The highest BCUT2D eigenvalue weighted by molar-refractivity contribution is 5.96. The van der Waals surface area contributed by atoms with Crippen molar-refractivity contribution in [3.05, 3.63) is 82.9 Å². The molecule has 2 heterocycles. The third-order valence-corrected chi connectivity index (χ3v) is 8.05. The van der Waals surface area contributed by atoms with Crippen LogP contribution in [0, 0.1) is 0 Å². The first-order valence-corrected chi connectivity index (χ1v) is 15.0. The number of anilines is 2. The molecule has 0 saturated carbocycles. The van der Waals surface area contributed by atoms with E-state index in [-0.39, 0.29) is 26.4 Å². The van der Waals surface area contributed by atoms with Gasteiger partial charge in [-0.25, -0.2) is 0 Å². The van der Waals surface area contributed by atoms with Crippen molar-refractivity contribution in [2.75, 3.05) is 29.7 Å². The van der Waals surface area contributed by atoms with E-state index in [2.05, 4.69) is 46.2 Å². The standard InChI is InChI=1S/C35H34N2O8/c1-3-42-32(38)15-34(40)44-19-22-5-9-26-24(13-22)7-11-30-28(26)17-36-21-37(30)18-29-27-10-6-23(14-25(27)8-12-31(29)36)20-45-35(41)16-33(39)43-4-2/h5-14H,3-4,15-21H2,1-2H3. The van der Waals surface area contributed by atoms with Crippen LogP contribution in [0.3, 0.4) is 0 Å². The van der Waals surface area contributed by atoms with Gasteiger partial charge < -0.3 is 28.7 Å². The molecule has 10 heteroatoms. The molecule has 4 aromatic carbocycles. The third kappa shape index (κ3) is 6.40. The van der Waals surface area contributed by atoms with Crippen molar-refractivity contribution in [3.63, 3.8) is 0 Å². The zero-order valence-corrected chi connectivity index (χ0v) is 25.3. The summed E-state index contributed by atoms with van der Waals surface area (Å²) in [4.78, 5) is 51.9. The number of fused-ring (bicyclic) bond motifs is 10. The van der Waals surface area contributed by atoms with Gasteiger partial charge in [0, 0.05) is 35.6 Å². The molecular formula is C35H34N2O8. The lowest BCUT2D eigenvalue weighted by atomic mass is 9.93. The van der Waals surface area contributed by atoms with Gasteiger partial charge in [0.25, 0.3) is 0 Å². The normalized spacial score (nSPS) is 13.2. The van der Waals surface area contributed by atoms with E-state index >= 15 is 0 Å². The van der Waals surface area contributed by atoms with Crippen LogP contribution in [0.5, 0.6) is 0 Å². The highest BCUT2D eigenvalue weighted by atomic mass is 16.6. The van der Waals surface area contributed by atoms with E-state index in [0.717, 1.165) is 52.4 Å². The van der Waals surface area contributed by atoms with Crippen LogP contribution in [-0.4, -0.2) is 43.8 Å². The van der Waals surface area contributed by atoms with E-state index in [4.69, 9.17) is 18.9 Å². The smallest absolute Gasteiger partial charge is 0.317 e. The van der Waals surface area contributed by atoms with E-state index in [9.17, 15) is 19.2 Å². The molecule has 2 bridgehead atoms. The van der Waals surface area contributed by atoms with Gasteiger partial charge in [-0.1, -0.05) is 36.4 Å². The van der Waals surface area contributed by atoms with Gasteiger partial charge in [-0.05, 0) is 70.8 Å². The van der Waals surface area contributed by atoms with Crippen molar-refractivity contribution < 1.29 is 38.1 Å². The van der Waals surface area contributed by atoms with Crippen LogP contribution in [0.1, 0.15) is 48.9 Å². The highest BCUT2D eigenvalue weighted by Gasteiger charge is 2.31. The number of hydrogen-bond donors (Lipinski definition) is 0. The summed E-state index contributed by atoms with van der Waals surface area (Å²) in [6.07, 6.45) is -0.793. The Labute approximate surface area is 260 Å². The SMILES string of the molecule is CCOC(=O)CC(=O)OCc1ccc2c3c(ccc2c1)N1Cc2c(ccc4cc(COC(=O)CC(=O)OCC)ccc24)N(C3)C1. The number of esters is 4. The molecule has 10 nitrogen and oxygen atoms in total. The topological polar surface area (TPSA) is 112 Å². The maximum absolute atomic E-state index is 12.0.